The Morgan fingerprint density at radius 2 is 1.87 bits per heavy atom. The number of nitrogen functional groups attached to an aromatic ring is 1. The molecule has 0 amide bonds. The Bertz CT molecular complexity index is 435. The molecule has 0 unspecified atom stereocenters. The fourth-order valence-corrected chi connectivity index (χ4v) is 1.30. The van der Waals surface area contributed by atoms with Crippen LogP contribution < -0.4 is 5.73 Å². The van der Waals surface area contributed by atoms with E-state index in [0.29, 0.717) is 12.4 Å². The van der Waals surface area contributed by atoms with Crippen LogP contribution in [-0.2, 0) is 13.2 Å². The minimum atomic E-state index is 0.0627. The van der Waals surface area contributed by atoms with E-state index in [1.54, 1.807) is 0 Å². The van der Waals surface area contributed by atoms with Crippen LogP contribution in [0.25, 0.3) is 0 Å². The maximum absolute atomic E-state index is 8.88. The highest BCUT2D eigenvalue weighted by atomic mass is 16.3. The highest BCUT2D eigenvalue weighted by Gasteiger charge is 1.98. The number of rotatable bonds is 3. The third-order valence-corrected chi connectivity index (χ3v) is 2.08. The van der Waals surface area contributed by atoms with Gasteiger partial charge in [-0.05, 0) is 11.1 Å². The van der Waals surface area contributed by atoms with Crippen molar-refractivity contribution < 1.29 is 5.11 Å². The van der Waals surface area contributed by atoms with Gasteiger partial charge in [-0.3, -0.25) is 0 Å². The van der Waals surface area contributed by atoms with Gasteiger partial charge in [0.2, 0.25) is 0 Å². The van der Waals surface area contributed by atoms with E-state index in [1.165, 1.54) is 11.0 Å². The average Bonchev–Trinajstić information content (AvgIpc) is 2.65. The minimum Gasteiger partial charge on any atom is -0.392 e. The molecule has 0 spiro atoms. The van der Waals surface area contributed by atoms with Gasteiger partial charge in [0, 0.05) is 0 Å². The van der Waals surface area contributed by atoms with E-state index in [1.807, 2.05) is 24.3 Å². The van der Waals surface area contributed by atoms with Gasteiger partial charge in [-0.2, -0.15) is 9.90 Å². The lowest BCUT2D eigenvalue weighted by Gasteiger charge is -2.01. The first-order valence-electron chi connectivity index (χ1n) is 4.62. The maximum Gasteiger partial charge on any atom is 0.165 e. The van der Waals surface area contributed by atoms with E-state index in [-0.39, 0.29) is 6.61 Å². The molecule has 0 aliphatic heterocycles. The van der Waals surface area contributed by atoms with Crippen molar-refractivity contribution in [1.29, 1.82) is 0 Å². The van der Waals surface area contributed by atoms with Crippen LogP contribution in [0.1, 0.15) is 11.1 Å². The Hall–Kier alpha value is -1.88. The third kappa shape index (κ3) is 2.32. The number of aliphatic hydroxyl groups is 1. The summed E-state index contributed by atoms with van der Waals surface area (Å²) in [5.41, 5.74) is 7.42. The number of aromatic nitrogens is 3. The second-order valence-corrected chi connectivity index (χ2v) is 3.27. The fourth-order valence-electron chi connectivity index (χ4n) is 1.30. The molecule has 0 radical (unpaired) electrons. The molecule has 0 saturated heterocycles. The van der Waals surface area contributed by atoms with Gasteiger partial charge in [-0.1, -0.05) is 24.3 Å². The molecule has 3 N–H and O–H groups in total. The molecule has 0 atom stereocenters. The van der Waals surface area contributed by atoms with E-state index in [2.05, 4.69) is 10.2 Å². The minimum absolute atomic E-state index is 0.0627. The smallest absolute Gasteiger partial charge is 0.165 e. The number of hydrogen-bond acceptors (Lipinski definition) is 4. The SMILES string of the molecule is Nc1cnn(Cc2ccc(CO)cc2)n1. The van der Waals surface area contributed by atoms with E-state index >= 15 is 0 Å². The Labute approximate surface area is 87.1 Å². The highest BCUT2D eigenvalue weighted by Crippen LogP contribution is 2.05. The van der Waals surface area contributed by atoms with Crippen LogP contribution in [0.4, 0.5) is 5.82 Å². The van der Waals surface area contributed by atoms with Crippen molar-refractivity contribution in [2.24, 2.45) is 0 Å². The quantitative estimate of drug-likeness (QED) is 0.758. The number of anilines is 1. The number of benzene rings is 1. The lowest BCUT2D eigenvalue weighted by Crippen LogP contribution is -2.04. The van der Waals surface area contributed by atoms with Crippen molar-refractivity contribution >= 4 is 5.82 Å². The molecule has 15 heavy (non-hydrogen) atoms. The molecular weight excluding hydrogens is 192 g/mol. The van der Waals surface area contributed by atoms with Crippen molar-refractivity contribution in [2.75, 3.05) is 5.73 Å². The lowest BCUT2D eigenvalue weighted by molar-refractivity contribution is 0.282. The summed E-state index contributed by atoms with van der Waals surface area (Å²) in [6, 6.07) is 7.63. The first-order valence-corrected chi connectivity index (χ1v) is 4.62. The zero-order valence-corrected chi connectivity index (χ0v) is 8.17. The largest absolute Gasteiger partial charge is 0.392 e. The van der Waals surface area contributed by atoms with E-state index in [9.17, 15) is 0 Å². The van der Waals surface area contributed by atoms with Crippen molar-refractivity contribution in [2.45, 2.75) is 13.2 Å². The zero-order chi connectivity index (χ0) is 10.7. The molecule has 1 aromatic carbocycles. The van der Waals surface area contributed by atoms with Crippen LogP contribution in [0.5, 0.6) is 0 Å². The summed E-state index contributed by atoms with van der Waals surface area (Å²) in [4.78, 5) is 1.53. The molecule has 2 rings (SSSR count). The number of nitrogens with zero attached hydrogens (tertiary/aromatic N) is 3. The highest BCUT2D eigenvalue weighted by molar-refractivity contribution is 5.23. The molecule has 1 aromatic heterocycles. The molecule has 0 aliphatic rings. The predicted octanol–water partition coefficient (Wildman–Crippen LogP) is 0.401. The molecular formula is C10H12N4O. The fraction of sp³-hybridized carbons (Fsp3) is 0.200. The second-order valence-electron chi connectivity index (χ2n) is 3.27. The lowest BCUT2D eigenvalue weighted by atomic mass is 10.1. The van der Waals surface area contributed by atoms with Gasteiger partial charge in [-0.25, -0.2) is 0 Å². The van der Waals surface area contributed by atoms with Crippen LogP contribution in [0, 0.1) is 0 Å². The van der Waals surface area contributed by atoms with E-state index in [4.69, 9.17) is 10.8 Å². The topological polar surface area (TPSA) is 77.0 Å². The molecule has 78 valence electrons. The summed E-state index contributed by atoms with van der Waals surface area (Å²) in [6.45, 7) is 0.649. The van der Waals surface area contributed by atoms with Gasteiger partial charge in [0.05, 0.1) is 19.3 Å². The van der Waals surface area contributed by atoms with Crippen molar-refractivity contribution in [3.8, 4) is 0 Å². The Morgan fingerprint density at radius 3 is 2.40 bits per heavy atom. The van der Waals surface area contributed by atoms with Gasteiger partial charge in [0.15, 0.2) is 5.82 Å². The summed E-state index contributed by atoms with van der Waals surface area (Å²) in [5.74, 6) is 0.418. The van der Waals surface area contributed by atoms with Crippen molar-refractivity contribution in [3.63, 3.8) is 0 Å². The molecule has 2 aromatic rings. The first-order chi connectivity index (χ1) is 7.28. The molecule has 0 fully saturated rings. The zero-order valence-electron chi connectivity index (χ0n) is 8.17. The third-order valence-electron chi connectivity index (χ3n) is 2.08. The van der Waals surface area contributed by atoms with Gasteiger partial charge < -0.3 is 10.8 Å². The van der Waals surface area contributed by atoms with Gasteiger partial charge in [0.1, 0.15) is 0 Å². The van der Waals surface area contributed by atoms with Crippen LogP contribution >= 0.6 is 0 Å². The molecule has 5 nitrogen and oxygen atoms in total. The van der Waals surface area contributed by atoms with Gasteiger partial charge >= 0.3 is 0 Å². The van der Waals surface area contributed by atoms with Gasteiger partial charge in [-0.15, -0.1) is 5.10 Å². The summed E-state index contributed by atoms with van der Waals surface area (Å²) < 4.78 is 0. The number of aliphatic hydroxyl groups excluding tert-OH is 1. The Kier molecular flexibility index (Phi) is 2.64. The first kappa shape index (κ1) is 9.67. The Morgan fingerprint density at radius 1 is 1.20 bits per heavy atom. The normalized spacial score (nSPS) is 10.5. The van der Waals surface area contributed by atoms with Crippen LogP contribution in [0.15, 0.2) is 30.5 Å². The maximum atomic E-state index is 8.88. The molecule has 0 saturated carbocycles. The van der Waals surface area contributed by atoms with Gasteiger partial charge in [0.25, 0.3) is 0 Å². The molecule has 0 aliphatic carbocycles. The monoisotopic (exact) mass is 204 g/mol. The number of nitrogens with two attached hydrogens (primary N) is 1. The summed E-state index contributed by atoms with van der Waals surface area (Å²) in [6.07, 6.45) is 1.52. The van der Waals surface area contributed by atoms with E-state index in [0.717, 1.165) is 11.1 Å². The molecule has 0 bridgehead atoms. The van der Waals surface area contributed by atoms with Crippen LogP contribution in [-0.4, -0.2) is 20.1 Å². The molecule has 5 heteroatoms. The summed E-state index contributed by atoms with van der Waals surface area (Å²) in [7, 11) is 0. The summed E-state index contributed by atoms with van der Waals surface area (Å²) >= 11 is 0. The van der Waals surface area contributed by atoms with Crippen LogP contribution in [0.3, 0.4) is 0 Å². The predicted molar refractivity (Wildman–Crippen MR) is 55.9 cm³/mol. The van der Waals surface area contributed by atoms with Crippen molar-refractivity contribution in [1.82, 2.24) is 15.0 Å². The van der Waals surface area contributed by atoms with Crippen LogP contribution in [0.2, 0.25) is 0 Å². The standard InChI is InChI=1S/C10H12N4O/c11-10-5-12-14(13-10)6-8-1-3-9(7-15)4-2-8/h1-5,15H,6-7H2,(H2,11,13). The second kappa shape index (κ2) is 4.10. The average molecular weight is 204 g/mol. The Balaban J connectivity index is 2.11. The number of hydrogen-bond donors (Lipinski definition) is 2. The molecule has 1 heterocycles. The van der Waals surface area contributed by atoms with Crippen molar-refractivity contribution in [3.05, 3.63) is 41.6 Å². The summed E-state index contributed by atoms with van der Waals surface area (Å²) in [5, 5.41) is 16.8. The van der Waals surface area contributed by atoms with E-state index < -0.39 is 0 Å².